The number of halogens is 1. The van der Waals surface area contributed by atoms with Gasteiger partial charge < -0.3 is 14.4 Å². The predicted molar refractivity (Wildman–Crippen MR) is 94.4 cm³/mol. The molecule has 8 heteroatoms. The summed E-state index contributed by atoms with van der Waals surface area (Å²) in [7, 11) is 0. The minimum Gasteiger partial charge on any atom is -0.377 e. The number of aromatic nitrogens is 3. The summed E-state index contributed by atoms with van der Waals surface area (Å²) in [4.78, 5) is 18.5. The molecule has 7 nitrogen and oxygen atoms in total. The first-order valence-electron chi connectivity index (χ1n) is 9.23. The molecule has 0 aromatic carbocycles. The van der Waals surface area contributed by atoms with E-state index in [0.717, 1.165) is 19.0 Å². The standard InChI is InChI=1S/C19H23FN4O3/c20-15-2-3-16(21-11-15)10-18(25)23-8-9-26-14-19(13-23)5-4-17(27-19)12-24-7-1-6-22-24/h1-3,6-7,11,17H,4-5,8-10,12-14H2. The number of carbonyl (C=O) groups is 1. The molecule has 2 aliphatic rings. The van der Waals surface area contributed by atoms with Crippen molar-refractivity contribution in [3.8, 4) is 0 Å². The van der Waals surface area contributed by atoms with Gasteiger partial charge in [0.2, 0.25) is 5.91 Å². The van der Waals surface area contributed by atoms with Crippen molar-refractivity contribution in [2.45, 2.75) is 37.5 Å². The Balaban J connectivity index is 1.39. The van der Waals surface area contributed by atoms with E-state index in [0.29, 0.717) is 38.5 Å². The van der Waals surface area contributed by atoms with Crippen molar-refractivity contribution in [2.24, 2.45) is 0 Å². The molecular formula is C19H23FN4O3. The summed E-state index contributed by atoms with van der Waals surface area (Å²) < 4.78 is 27.0. The maximum absolute atomic E-state index is 13.0. The number of hydrogen-bond donors (Lipinski definition) is 0. The van der Waals surface area contributed by atoms with Crippen LogP contribution in [-0.2, 0) is 27.2 Å². The number of pyridine rings is 1. The Morgan fingerprint density at radius 2 is 2.33 bits per heavy atom. The summed E-state index contributed by atoms with van der Waals surface area (Å²) in [5.41, 5.74) is 0.0877. The maximum atomic E-state index is 13.0. The first-order valence-corrected chi connectivity index (χ1v) is 9.23. The van der Waals surface area contributed by atoms with E-state index in [9.17, 15) is 9.18 Å². The molecule has 2 atom stereocenters. The Bertz CT molecular complexity index is 768. The second-order valence-electron chi connectivity index (χ2n) is 7.20. The fourth-order valence-corrected chi connectivity index (χ4v) is 3.76. The van der Waals surface area contributed by atoms with Crippen LogP contribution in [0, 0.1) is 5.82 Å². The molecule has 1 spiro atoms. The van der Waals surface area contributed by atoms with Crippen LogP contribution < -0.4 is 0 Å². The summed E-state index contributed by atoms with van der Waals surface area (Å²) in [6, 6.07) is 4.76. The third kappa shape index (κ3) is 4.33. The molecule has 0 bridgehead atoms. The van der Waals surface area contributed by atoms with Gasteiger partial charge in [-0.2, -0.15) is 5.10 Å². The van der Waals surface area contributed by atoms with Gasteiger partial charge in [0.1, 0.15) is 11.4 Å². The fraction of sp³-hybridized carbons (Fsp3) is 0.526. The van der Waals surface area contributed by atoms with Gasteiger partial charge in [0.15, 0.2) is 0 Å². The fourth-order valence-electron chi connectivity index (χ4n) is 3.76. The van der Waals surface area contributed by atoms with E-state index in [1.807, 2.05) is 16.9 Å². The lowest BCUT2D eigenvalue weighted by Crippen LogP contribution is -2.47. The molecule has 144 valence electrons. The number of nitrogens with zero attached hydrogens (tertiary/aromatic N) is 4. The first-order chi connectivity index (χ1) is 13.1. The smallest absolute Gasteiger partial charge is 0.228 e. The number of rotatable bonds is 4. The highest BCUT2D eigenvalue weighted by Gasteiger charge is 2.44. The third-order valence-electron chi connectivity index (χ3n) is 5.11. The number of carbonyl (C=O) groups excluding carboxylic acids is 1. The molecule has 2 saturated heterocycles. The van der Waals surface area contributed by atoms with E-state index >= 15 is 0 Å². The van der Waals surface area contributed by atoms with Crippen molar-refractivity contribution in [3.05, 3.63) is 48.3 Å². The lowest BCUT2D eigenvalue weighted by molar-refractivity contribution is -0.135. The van der Waals surface area contributed by atoms with E-state index in [1.54, 1.807) is 17.2 Å². The van der Waals surface area contributed by atoms with Crippen molar-refractivity contribution in [1.29, 1.82) is 0 Å². The van der Waals surface area contributed by atoms with Crippen LogP contribution in [-0.4, -0.2) is 63.6 Å². The van der Waals surface area contributed by atoms with Gasteiger partial charge in [-0.25, -0.2) is 4.39 Å². The zero-order chi connectivity index (χ0) is 18.7. The van der Waals surface area contributed by atoms with Crippen LogP contribution in [0.2, 0.25) is 0 Å². The van der Waals surface area contributed by atoms with Crippen molar-refractivity contribution in [2.75, 3.05) is 26.3 Å². The third-order valence-corrected chi connectivity index (χ3v) is 5.11. The molecular weight excluding hydrogens is 351 g/mol. The van der Waals surface area contributed by atoms with Crippen molar-refractivity contribution in [1.82, 2.24) is 19.7 Å². The van der Waals surface area contributed by atoms with Gasteiger partial charge >= 0.3 is 0 Å². The van der Waals surface area contributed by atoms with Crippen LogP contribution >= 0.6 is 0 Å². The molecule has 2 unspecified atom stereocenters. The highest BCUT2D eigenvalue weighted by atomic mass is 19.1. The molecule has 2 aromatic heterocycles. The van der Waals surface area contributed by atoms with Gasteiger partial charge in [0, 0.05) is 24.6 Å². The van der Waals surface area contributed by atoms with Gasteiger partial charge in [0.25, 0.3) is 0 Å². The number of ether oxygens (including phenoxy) is 2. The second kappa shape index (κ2) is 7.74. The monoisotopic (exact) mass is 374 g/mol. The lowest BCUT2D eigenvalue weighted by Gasteiger charge is -2.32. The molecule has 2 aromatic rings. The van der Waals surface area contributed by atoms with Gasteiger partial charge in [-0.15, -0.1) is 0 Å². The van der Waals surface area contributed by atoms with Crippen LogP contribution in [0.4, 0.5) is 4.39 Å². The zero-order valence-corrected chi connectivity index (χ0v) is 15.1. The van der Waals surface area contributed by atoms with Gasteiger partial charge in [-0.05, 0) is 31.0 Å². The summed E-state index contributed by atoms with van der Waals surface area (Å²) >= 11 is 0. The summed E-state index contributed by atoms with van der Waals surface area (Å²) in [6.45, 7) is 2.69. The van der Waals surface area contributed by atoms with Crippen LogP contribution in [0.25, 0.3) is 0 Å². The average Bonchev–Trinajstić information content (AvgIpc) is 3.25. The molecule has 0 saturated carbocycles. The van der Waals surface area contributed by atoms with Crippen LogP contribution in [0.5, 0.6) is 0 Å². The summed E-state index contributed by atoms with van der Waals surface area (Å²) in [5.74, 6) is -0.450. The van der Waals surface area contributed by atoms with E-state index in [1.165, 1.54) is 6.07 Å². The Kier molecular flexibility index (Phi) is 5.18. The van der Waals surface area contributed by atoms with Crippen molar-refractivity contribution < 1.29 is 18.7 Å². The number of hydrogen-bond acceptors (Lipinski definition) is 5. The Morgan fingerprint density at radius 3 is 3.11 bits per heavy atom. The Morgan fingerprint density at radius 1 is 1.41 bits per heavy atom. The molecule has 1 amide bonds. The van der Waals surface area contributed by atoms with Crippen LogP contribution in [0.1, 0.15) is 18.5 Å². The molecule has 2 fully saturated rings. The van der Waals surface area contributed by atoms with Gasteiger partial charge in [-0.3, -0.25) is 14.5 Å². The second-order valence-corrected chi connectivity index (χ2v) is 7.20. The lowest BCUT2D eigenvalue weighted by atomic mass is 10.00. The highest BCUT2D eigenvalue weighted by Crippen LogP contribution is 2.33. The van der Waals surface area contributed by atoms with E-state index < -0.39 is 11.4 Å². The first kappa shape index (κ1) is 18.1. The molecule has 27 heavy (non-hydrogen) atoms. The summed E-state index contributed by atoms with van der Waals surface area (Å²) in [6.07, 6.45) is 6.76. The molecule has 4 heterocycles. The molecule has 0 radical (unpaired) electrons. The summed E-state index contributed by atoms with van der Waals surface area (Å²) in [5, 5.41) is 4.24. The van der Waals surface area contributed by atoms with E-state index in [4.69, 9.17) is 9.47 Å². The predicted octanol–water partition coefficient (Wildman–Crippen LogP) is 1.44. The largest absolute Gasteiger partial charge is 0.377 e. The highest BCUT2D eigenvalue weighted by molar-refractivity contribution is 5.78. The van der Waals surface area contributed by atoms with Crippen LogP contribution in [0.3, 0.4) is 0 Å². The van der Waals surface area contributed by atoms with Gasteiger partial charge in [-0.1, -0.05) is 0 Å². The van der Waals surface area contributed by atoms with E-state index in [-0.39, 0.29) is 18.4 Å². The van der Waals surface area contributed by atoms with Gasteiger partial charge in [0.05, 0.1) is 45.0 Å². The minimum atomic E-state index is -0.472. The SMILES string of the molecule is O=C(Cc1ccc(F)cn1)N1CCOCC2(CCC(Cn3cccn3)O2)C1. The molecule has 4 rings (SSSR count). The molecule has 2 aliphatic heterocycles. The Hall–Kier alpha value is -2.32. The maximum Gasteiger partial charge on any atom is 0.228 e. The Labute approximate surface area is 157 Å². The topological polar surface area (TPSA) is 69.5 Å². The zero-order valence-electron chi connectivity index (χ0n) is 15.1. The minimum absolute atomic E-state index is 0.0434. The van der Waals surface area contributed by atoms with E-state index in [2.05, 4.69) is 10.1 Å². The van der Waals surface area contributed by atoms with Crippen molar-refractivity contribution >= 4 is 5.91 Å². The quantitative estimate of drug-likeness (QED) is 0.810. The molecule has 0 aliphatic carbocycles. The van der Waals surface area contributed by atoms with Crippen molar-refractivity contribution in [3.63, 3.8) is 0 Å². The average molecular weight is 374 g/mol. The van der Waals surface area contributed by atoms with Crippen LogP contribution in [0.15, 0.2) is 36.8 Å². The normalized spacial score (nSPS) is 25.7. The molecule has 0 N–H and O–H groups in total. The number of amides is 1.